The Balaban J connectivity index is 4.20. The Bertz CT molecular complexity index is 1670. The van der Waals surface area contributed by atoms with Crippen molar-refractivity contribution >= 4 is 17.9 Å². The van der Waals surface area contributed by atoms with E-state index in [9.17, 15) is 14.4 Å². The van der Waals surface area contributed by atoms with E-state index in [1.54, 1.807) is 0 Å². The molecule has 0 aromatic rings. The second kappa shape index (κ2) is 65.1. The van der Waals surface area contributed by atoms with Crippen LogP contribution in [0.1, 0.15) is 284 Å². The quantitative estimate of drug-likeness (QED) is 0.0261. The van der Waals surface area contributed by atoms with Gasteiger partial charge in [-0.05, 0) is 116 Å². The Labute approximate surface area is 481 Å². The van der Waals surface area contributed by atoms with Crippen LogP contribution in [0.15, 0.2) is 134 Å². The summed E-state index contributed by atoms with van der Waals surface area (Å²) in [4.78, 5) is 38.2. The molecule has 0 amide bonds. The maximum atomic E-state index is 12.9. The number of carbonyl (C=O) groups excluding carboxylic acids is 3. The van der Waals surface area contributed by atoms with E-state index in [4.69, 9.17) is 14.2 Å². The van der Waals surface area contributed by atoms with Gasteiger partial charge in [-0.1, -0.05) is 283 Å². The second-order valence-electron chi connectivity index (χ2n) is 20.9. The van der Waals surface area contributed by atoms with Gasteiger partial charge in [-0.3, -0.25) is 14.4 Å². The van der Waals surface area contributed by atoms with E-state index in [1.165, 1.54) is 116 Å². The standard InChI is InChI=1S/C72H118O6/c1-4-7-10-13-16-19-22-25-27-28-29-30-31-32-33-34-35-36-37-38-39-40-41-42-43-44-45-48-50-53-56-59-62-65-71(74)77-68-69(67-76-70(73)64-61-58-55-52-49-46-24-21-18-15-12-9-6-3)78-72(75)66-63-60-57-54-51-47-26-23-20-17-14-11-8-5-2/h7,9-10,12,14,16-19,21,23,25-27,29-30,32-33,46,49,55,58,69H,4-6,8,11,13,15,20,22,24,28,31,34-45,47-48,50-54,56-57,59-68H2,1-3H3/b10-7-,12-9-,17-14-,19-16-,21-18-,26-23-,27-25-,30-29-,33-32-,49-46-,58-55-. The summed E-state index contributed by atoms with van der Waals surface area (Å²) >= 11 is 0. The van der Waals surface area contributed by atoms with Crippen molar-refractivity contribution in [2.75, 3.05) is 13.2 Å². The molecule has 1 atom stereocenters. The minimum absolute atomic E-state index is 0.107. The molecule has 0 aliphatic rings. The largest absolute Gasteiger partial charge is 0.462 e. The molecule has 6 nitrogen and oxygen atoms in total. The van der Waals surface area contributed by atoms with Crippen LogP contribution in [-0.2, 0) is 28.6 Å². The fraction of sp³-hybridized carbons (Fsp3) is 0.653. The zero-order valence-electron chi connectivity index (χ0n) is 50.6. The Morgan fingerprint density at radius 1 is 0.269 bits per heavy atom. The van der Waals surface area contributed by atoms with Gasteiger partial charge in [0.25, 0.3) is 0 Å². The van der Waals surface area contributed by atoms with Crippen LogP contribution in [0, 0.1) is 0 Å². The summed E-state index contributed by atoms with van der Waals surface area (Å²) in [5.41, 5.74) is 0. The highest BCUT2D eigenvalue weighted by molar-refractivity contribution is 5.71. The molecule has 0 saturated heterocycles. The lowest BCUT2D eigenvalue weighted by molar-refractivity contribution is -0.166. The lowest BCUT2D eigenvalue weighted by atomic mass is 10.0. The molecule has 0 bridgehead atoms. The number of hydrogen-bond acceptors (Lipinski definition) is 6. The van der Waals surface area contributed by atoms with Gasteiger partial charge in [-0.2, -0.15) is 0 Å². The van der Waals surface area contributed by atoms with Crippen molar-refractivity contribution in [3.63, 3.8) is 0 Å². The highest BCUT2D eigenvalue weighted by Gasteiger charge is 2.19. The molecule has 0 spiro atoms. The monoisotopic (exact) mass is 1080 g/mol. The minimum Gasteiger partial charge on any atom is -0.462 e. The van der Waals surface area contributed by atoms with Crippen LogP contribution in [0.5, 0.6) is 0 Å². The highest BCUT2D eigenvalue weighted by Crippen LogP contribution is 2.16. The van der Waals surface area contributed by atoms with Crippen molar-refractivity contribution in [3.05, 3.63) is 134 Å². The average molecular weight is 1080 g/mol. The molecular formula is C72H118O6. The molecule has 0 radical (unpaired) electrons. The third-order valence-electron chi connectivity index (χ3n) is 13.4. The van der Waals surface area contributed by atoms with Gasteiger partial charge in [0.2, 0.25) is 0 Å². The molecule has 6 heteroatoms. The number of unbranched alkanes of at least 4 members (excludes halogenated alkanes) is 24. The fourth-order valence-corrected chi connectivity index (χ4v) is 8.62. The number of allylic oxidation sites excluding steroid dienone is 22. The molecule has 0 saturated carbocycles. The van der Waals surface area contributed by atoms with E-state index in [2.05, 4.69) is 148 Å². The molecule has 1 unspecified atom stereocenters. The Morgan fingerprint density at radius 2 is 0.526 bits per heavy atom. The maximum Gasteiger partial charge on any atom is 0.306 e. The van der Waals surface area contributed by atoms with E-state index >= 15 is 0 Å². The van der Waals surface area contributed by atoms with Gasteiger partial charge in [0.05, 0.1) is 0 Å². The van der Waals surface area contributed by atoms with Gasteiger partial charge in [0.15, 0.2) is 6.10 Å². The molecule has 0 heterocycles. The molecule has 0 aliphatic carbocycles. The Morgan fingerprint density at radius 3 is 0.859 bits per heavy atom. The van der Waals surface area contributed by atoms with Crippen molar-refractivity contribution in [1.82, 2.24) is 0 Å². The van der Waals surface area contributed by atoms with Crippen molar-refractivity contribution in [1.29, 1.82) is 0 Å². The molecule has 0 fully saturated rings. The average Bonchev–Trinajstić information content (AvgIpc) is 3.44. The van der Waals surface area contributed by atoms with Crippen molar-refractivity contribution in [2.45, 2.75) is 290 Å². The normalized spacial score (nSPS) is 13.0. The van der Waals surface area contributed by atoms with Crippen molar-refractivity contribution < 1.29 is 28.6 Å². The number of hydrogen-bond donors (Lipinski definition) is 0. The fourth-order valence-electron chi connectivity index (χ4n) is 8.62. The van der Waals surface area contributed by atoms with Gasteiger partial charge in [0.1, 0.15) is 13.2 Å². The molecule has 78 heavy (non-hydrogen) atoms. The van der Waals surface area contributed by atoms with E-state index in [1.807, 2.05) is 6.08 Å². The highest BCUT2D eigenvalue weighted by atomic mass is 16.6. The first-order valence-electron chi connectivity index (χ1n) is 32.2. The zero-order valence-corrected chi connectivity index (χ0v) is 50.6. The summed E-state index contributed by atoms with van der Waals surface area (Å²) in [6, 6.07) is 0. The van der Waals surface area contributed by atoms with Crippen LogP contribution in [0.2, 0.25) is 0 Å². The summed E-state index contributed by atoms with van der Waals surface area (Å²) in [5, 5.41) is 0. The predicted molar refractivity (Wildman–Crippen MR) is 339 cm³/mol. The third kappa shape index (κ3) is 62.4. The summed E-state index contributed by atoms with van der Waals surface area (Å²) < 4.78 is 16.8. The number of carbonyl (C=O) groups is 3. The van der Waals surface area contributed by atoms with Crippen LogP contribution in [0.25, 0.3) is 0 Å². The number of rotatable bonds is 57. The Kier molecular flexibility index (Phi) is 61.4. The lowest BCUT2D eigenvalue weighted by Crippen LogP contribution is -2.30. The van der Waals surface area contributed by atoms with E-state index < -0.39 is 6.10 Å². The maximum absolute atomic E-state index is 12.9. The lowest BCUT2D eigenvalue weighted by Gasteiger charge is -2.18. The zero-order chi connectivity index (χ0) is 56.4. The molecule has 442 valence electrons. The summed E-state index contributed by atoms with van der Waals surface area (Å²) in [5.74, 6) is -1.00. The van der Waals surface area contributed by atoms with Gasteiger partial charge in [-0.15, -0.1) is 0 Å². The molecule has 0 rings (SSSR count). The first kappa shape index (κ1) is 73.5. The van der Waals surface area contributed by atoms with Crippen LogP contribution < -0.4 is 0 Å². The second-order valence-corrected chi connectivity index (χ2v) is 20.9. The van der Waals surface area contributed by atoms with Crippen LogP contribution in [0.3, 0.4) is 0 Å². The number of esters is 3. The predicted octanol–water partition coefficient (Wildman–Crippen LogP) is 22.2. The van der Waals surface area contributed by atoms with Crippen LogP contribution >= 0.6 is 0 Å². The van der Waals surface area contributed by atoms with E-state index in [-0.39, 0.29) is 37.5 Å². The molecule has 0 aromatic heterocycles. The minimum atomic E-state index is -0.817. The number of ether oxygens (including phenoxy) is 3. The Hall–Kier alpha value is -4.45. The molecule has 0 N–H and O–H groups in total. The van der Waals surface area contributed by atoms with Gasteiger partial charge in [-0.25, -0.2) is 0 Å². The smallest absolute Gasteiger partial charge is 0.306 e. The van der Waals surface area contributed by atoms with Gasteiger partial charge >= 0.3 is 17.9 Å². The summed E-state index contributed by atoms with van der Waals surface area (Å²) in [7, 11) is 0. The molecule has 0 aromatic carbocycles. The summed E-state index contributed by atoms with van der Waals surface area (Å²) in [6.45, 7) is 6.30. The third-order valence-corrected chi connectivity index (χ3v) is 13.4. The summed E-state index contributed by atoms with van der Waals surface area (Å²) in [6.07, 6.45) is 92.1. The molecule has 0 aliphatic heterocycles. The SMILES string of the molecule is CC/C=C\C/C=C\C/C=C\C/C=C\C/C=C\CCCCCCCCCCCCCCCCCCCC(=O)OCC(COC(=O)CC/C=C\C/C=C\C/C=C\C/C=C\CC)OC(=O)CCCCCCC/C=C\C/C=C\CCCC. The first-order chi connectivity index (χ1) is 38.5. The first-order valence-corrected chi connectivity index (χ1v) is 32.2. The van der Waals surface area contributed by atoms with Crippen molar-refractivity contribution in [3.8, 4) is 0 Å². The van der Waals surface area contributed by atoms with Gasteiger partial charge < -0.3 is 14.2 Å². The van der Waals surface area contributed by atoms with E-state index in [0.717, 1.165) is 122 Å². The topological polar surface area (TPSA) is 78.9 Å². The van der Waals surface area contributed by atoms with Gasteiger partial charge in [0, 0.05) is 19.3 Å². The van der Waals surface area contributed by atoms with E-state index in [0.29, 0.717) is 19.3 Å². The van der Waals surface area contributed by atoms with Crippen molar-refractivity contribution in [2.24, 2.45) is 0 Å². The molecular weight excluding hydrogens is 961 g/mol. The van der Waals surface area contributed by atoms with Crippen LogP contribution in [0.4, 0.5) is 0 Å². The van der Waals surface area contributed by atoms with Crippen LogP contribution in [-0.4, -0.2) is 37.2 Å².